The van der Waals surface area contributed by atoms with Crippen LogP contribution in [0.1, 0.15) is 49.1 Å². The number of nitrogens with zero attached hydrogens (tertiary/aromatic N) is 2. The van der Waals surface area contributed by atoms with Crippen molar-refractivity contribution in [3.8, 4) is 0 Å². The third-order valence-corrected chi connectivity index (χ3v) is 5.71. The minimum Gasteiger partial charge on any atom is -0.478 e. The first kappa shape index (κ1) is 19.4. The largest absolute Gasteiger partial charge is 0.478 e. The lowest BCUT2D eigenvalue weighted by Gasteiger charge is -2.43. The van der Waals surface area contributed by atoms with Gasteiger partial charge in [-0.3, -0.25) is 10.00 Å². The number of carboxylic acid groups (broad SMARTS) is 1. The maximum atomic E-state index is 10.8. The van der Waals surface area contributed by atoms with Crippen molar-refractivity contribution in [3.63, 3.8) is 0 Å². The average molecular weight is 389 g/mol. The summed E-state index contributed by atoms with van der Waals surface area (Å²) in [5, 5.41) is 17.4. The Bertz CT molecular complexity index is 1050. The van der Waals surface area contributed by atoms with Crippen LogP contribution in [-0.4, -0.2) is 38.8 Å². The fourth-order valence-corrected chi connectivity index (χ4v) is 4.46. The summed E-state index contributed by atoms with van der Waals surface area (Å²) in [6.45, 7) is 7.85. The molecule has 5 heteroatoms. The van der Waals surface area contributed by atoms with E-state index in [1.54, 1.807) is 6.08 Å². The van der Waals surface area contributed by atoms with Crippen molar-refractivity contribution >= 4 is 22.9 Å². The van der Waals surface area contributed by atoms with E-state index in [1.165, 1.54) is 28.2 Å². The first-order valence-corrected chi connectivity index (χ1v) is 10.2. The van der Waals surface area contributed by atoms with Crippen LogP contribution >= 0.6 is 0 Å². The van der Waals surface area contributed by atoms with Crippen LogP contribution in [0.5, 0.6) is 0 Å². The molecule has 4 rings (SSSR count). The molecule has 0 amide bonds. The van der Waals surface area contributed by atoms with E-state index in [4.69, 9.17) is 5.11 Å². The van der Waals surface area contributed by atoms with Gasteiger partial charge < -0.3 is 5.11 Å². The molecule has 0 saturated carbocycles. The second-order valence-electron chi connectivity index (χ2n) is 8.35. The molecule has 2 N–H and O–H groups in total. The normalized spacial score (nSPS) is 19.9. The molecule has 0 spiro atoms. The maximum absolute atomic E-state index is 10.8. The van der Waals surface area contributed by atoms with Crippen LogP contribution in [0.2, 0.25) is 0 Å². The molecule has 0 aliphatic carbocycles. The average Bonchev–Trinajstić information content (AvgIpc) is 3.16. The number of carboxylic acids is 1. The van der Waals surface area contributed by atoms with E-state index in [9.17, 15) is 4.79 Å². The van der Waals surface area contributed by atoms with Crippen LogP contribution in [-0.2, 0) is 11.2 Å². The molecule has 29 heavy (non-hydrogen) atoms. The molecule has 3 aromatic rings. The fourth-order valence-electron chi connectivity index (χ4n) is 4.46. The van der Waals surface area contributed by atoms with Crippen LogP contribution in [0.25, 0.3) is 17.0 Å². The van der Waals surface area contributed by atoms with Crippen LogP contribution in [0.4, 0.5) is 0 Å². The monoisotopic (exact) mass is 389 g/mol. The summed E-state index contributed by atoms with van der Waals surface area (Å²) < 4.78 is 0. The quantitative estimate of drug-likeness (QED) is 0.623. The summed E-state index contributed by atoms with van der Waals surface area (Å²) >= 11 is 0. The van der Waals surface area contributed by atoms with Gasteiger partial charge in [0.25, 0.3) is 0 Å². The summed E-state index contributed by atoms with van der Waals surface area (Å²) in [6.07, 6.45) is 5.75. The smallest absolute Gasteiger partial charge is 0.328 e. The summed E-state index contributed by atoms with van der Waals surface area (Å²) in [5.74, 6) is -0.367. The standard InChI is InChI=1S/C24H27N3O2/c1-15(2)14-27-16(3)12-20-19(9-10-22-21(20)13-25-26-22)24(27)18-7-4-17(5-8-18)6-11-23(28)29/h4-11,13,15-16,24H,12,14H2,1-3H3,(H,25,26)(H,28,29)/b11-6+/t16-,24-/m0/s1. The Morgan fingerprint density at radius 2 is 2.03 bits per heavy atom. The lowest BCUT2D eigenvalue weighted by atomic mass is 9.83. The lowest BCUT2D eigenvalue weighted by Crippen LogP contribution is -2.44. The van der Waals surface area contributed by atoms with Gasteiger partial charge in [-0.2, -0.15) is 5.10 Å². The van der Waals surface area contributed by atoms with Gasteiger partial charge in [-0.1, -0.05) is 44.2 Å². The Hall–Kier alpha value is -2.92. The molecule has 2 heterocycles. The van der Waals surface area contributed by atoms with Crippen molar-refractivity contribution < 1.29 is 9.90 Å². The summed E-state index contributed by atoms with van der Waals surface area (Å²) in [6, 6.07) is 13.2. The van der Waals surface area contributed by atoms with Crippen LogP contribution in [0, 0.1) is 5.92 Å². The number of carbonyl (C=O) groups is 1. The van der Waals surface area contributed by atoms with E-state index in [2.05, 4.69) is 60.1 Å². The first-order valence-electron chi connectivity index (χ1n) is 10.2. The Kier molecular flexibility index (Phi) is 5.24. The highest BCUT2D eigenvalue weighted by Crippen LogP contribution is 2.40. The second-order valence-corrected chi connectivity index (χ2v) is 8.35. The molecule has 1 aliphatic rings. The predicted molar refractivity (Wildman–Crippen MR) is 116 cm³/mol. The number of nitrogens with one attached hydrogen (secondary N) is 1. The second kappa shape index (κ2) is 7.84. The van der Waals surface area contributed by atoms with Gasteiger partial charge in [0.2, 0.25) is 0 Å². The highest BCUT2D eigenvalue weighted by molar-refractivity contribution is 5.85. The number of aliphatic carboxylic acids is 1. The molecular weight excluding hydrogens is 362 g/mol. The number of hydrogen-bond acceptors (Lipinski definition) is 3. The third-order valence-electron chi connectivity index (χ3n) is 5.71. The Balaban J connectivity index is 1.80. The third kappa shape index (κ3) is 3.83. The maximum Gasteiger partial charge on any atom is 0.328 e. The molecule has 2 atom stereocenters. The van der Waals surface area contributed by atoms with Crippen LogP contribution in [0.3, 0.4) is 0 Å². The molecule has 1 aromatic heterocycles. The molecule has 150 valence electrons. The summed E-state index contributed by atoms with van der Waals surface area (Å²) in [5.41, 5.74) is 5.92. The number of H-pyrrole nitrogens is 1. The van der Waals surface area contributed by atoms with Crippen molar-refractivity contribution in [2.24, 2.45) is 5.92 Å². The Morgan fingerprint density at radius 1 is 1.28 bits per heavy atom. The molecule has 0 fully saturated rings. The highest BCUT2D eigenvalue weighted by Gasteiger charge is 2.34. The number of aromatic amines is 1. The van der Waals surface area contributed by atoms with Gasteiger partial charge in [0.05, 0.1) is 17.8 Å². The van der Waals surface area contributed by atoms with Crippen molar-refractivity contribution in [1.29, 1.82) is 0 Å². The van der Waals surface area contributed by atoms with Gasteiger partial charge in [-0.15, -0.1) is 0 Å². The van der Waals surface area contributed by atoms with Gasteiger partial charge >= 0.3 is 5.97 Å². The fraction of sp³-hybridized carbons (Fsp3) is 0.333. The first-order chi connectivity index (χ1) is 13.9. The van der Waals surface area contributed by atoms with E-state index >= 15 is 0 Å². The van der Waals surface area contributed by atoms with Crippen molar-refractivity contribution in [2.45, 2.75) is 39.3 Å². The molecule has 0 bridgehead atoms. The predicted octanol–water partition coefficient (Wildman–Crippen LogP) is 4.65. The molecular formula is C24H27N3O2. The molecule has 0 unspecified atom stereocenters. The zero-order chi connectivity index (χ0) is 20.5. The van der Waals surface area contributed by atoms with Crippen molar-refractivity contribution in [3.05, 3.63) is 70.9 Å². The summed E-state index contributed by atoms with van der Waals surface area (Å²) in [4.78, 5) is 13.4. The van der Waals surface area contributed by atoms with Crippen molar-refractivity contribution in [2.75, 3.05) is 6.54 Å². The minimum atomic E-state index is -0.934. The molecule has 0 saturated heterocycles. The number of fused-ring (bicyclic) bond motifs is 3. The van der Waals surface area contributed by atoms with Gasteiger partial charge in [-0.25, -0.2) is 4.79 Å². The zero-order valence-corrected chi connectivity index (χ0v) is 17.1. The van der Waals surface area contributed by atoms with E-state index in [0.717, 1.165) is 24.0 Å². The van der Waals surface area contributed by atoms with Gasteiger partial charge in [0, 0.05) is 24.0 Å². The van der Waals surface area contributed by atoms with Gasteiger partial charge in [0.1, 0.15) is 0 Å². The number of aromatic nitrogens is 2. The van der Waals surface area contributed by atoms with Crippen LogP contribution in [0.15, 0.2) is 48.7 Å². The van der Waals surface area contributed by atoms with Gasteiger partial charge in [-0.05, 0) is 53.7 Å². The number of hydrogen-bond donors (Lipinski definition) is 2. The zero-order valence-electron chi connectivity index (χ0n) is 17.1. The number of benzene rings is 2. The van der Waals surface area contributed by atoms with E-state index in [1.807, 2.05) is 18.3 Å². The molecule has 1 aliphatic heterocycles. The summed E-state index contributed by atoms with van der Waals surface area (Å²) in [7, 11) is 0. The lowest BCUT2D eigenvalue weighted by molar-refractivity contribution is -0.131. The minimum absolute atomic E-state index is 0.174. The van der Waals surface area contributed by atoms with E-state index in [0.29, 0.717) is 12.0 Å². The van der Waals surface area contributed by atoms with Crippen molar-refractivity contribution in [1.82, 2.24) is 15.1 Å². The van der Waals surface area contributed by atoms with Crippen LogP contribution < -0.4 is 0 Å². The van der Waals surface area contributed by atoms with E-state index < -0.39 is 5.97 Å². The molecule has 0 radical (unpaired) electrons. The highest BCUT2D eigenvalue weighted by atomic mass is 16.4. The Morgan fingerprint density at radius 3 is 2.72 bits per heavy atom. The number of rotatable bonds is 5. The van der Waals surface area contributed by atoms with Gasteiger partial charge in [0.15, 0.2) is 0 Å². The van der Waals surface area contributed by atoms with E-state index in [-0.39, 0.29) is 6.04 Å². The molecule has 2 aromatic carbocycles. The SMILES string of the molecule is CC(C)CN1[C@@H](c2ccc(/C=C/C(=O)O)cc2)c2ccc3[nH]ncc3c2C[C@@H]1C. The molecule has 5 nitrogen and oxygen atoms in total. The Labute approximate surface area is 171 Å². The topological polar surface area (TPSA) is 69.2 Å².